The smallest absolute Gasteiger partial charge is 0.364 e. The first-order valence-electron chi connectivity index (χ1n) is 4.74. The van der Waals surface area contributed by atoms with E-state index in [1.807, 2.05) is 0 Å². The van der Waals surface area contributed by atoms with Gasteiger partial charge in [0, 0.05) is 0 Å². The number of aliphatic hydroxyl groups excluding tert-OH is 1. The molecule has 0 fully saturated rings. The van der Waals surface area contributed by atoms with E-state index in [0.29, 0.717) is 12.5 Å². The van der Waals surface area contributed by atoms with Gasteiger partial charge in [0.2, 0.25) is 12.1 Å². The van der Waals surface area contributed by atoms with Gasteiger partial charge in [-0.15, -0.1) is 0 Å². The van der Waals surface area contributed by atoms with Crippen LogP contribution in [-0.2, 0) is 9.59 Å². The maximum absolute atomic E-state index is 11.9. The molecule has 0 heterocycles. The Labute approximate surface area is 101 Å². The molecule has 0 aliphatic heterocycles. The van der Waals surface area contributed by atoms with Gasteiger partial charge in [0.1, 0.15) is 0 Å². The van der Waals surface area contributed by atoms with E-state index in [0.717, 1.165) is 6.08 Å². The highest BCUT2D eigenvalue weighted by atomic mass is 19.1. The summed E-state index contributed by atoms with van der Waals surface area (Å²) in [5.41, 5.74) is 0. The topological polar surface area (TPSA) is 115 Å². The quantitative estimate of drug-likeness (QED) is 0.436. The van der Waals surface area contributed by atoms with Crippen LogP contribution < -0.4 is 0 Å². The number of allylic oxidation sites excluding steroid dienone is 1. The average molecular weight is 268 g/mol. The number of carboxylic acids is 2. The highest BCUT2D eigenvalue weighted by Crippen LogP contribution is 2.01. The molecule has 0 aromatic rings. The number of hydrogen-bond donors (Lipinski definition) is 4. The molecular weight excluding hydrogens is 254 g/mol. The SMILES string of the molecule is CCC=C(F)C(O)O.O=C(O)CC=C(F)C(=O)O. The summed E-state index contributed by atoms with van der Waals surface area (Å²) in [6, 6.07) is 0. The molecule has 0 rings (SSSR count). The van der Waals surface area contributed by atoms with Gasteiger partial charge < -0.3 is 20.4 Å². The van der Waals surface area contributed by atoms with Gasteiger partial charge >= 0.3 is 11.9 Å². The number of aliphatic carboxylic acids is 2. The van der Waals surface area contributed by atoms with Crippen LogP contribution in [0.1, 0.15) is 19.8 Å². The maximum atomic E-state index is 11.9. The van der Waals surface area contributed by atoms with Crippen LogP contribution in [-0.4, -0.2) is 38.7 Å². The lowest BCUT2D eigenvalue weighted by molar-refractivity contribution is -0.136. The standard InChI is InChI=1S/C5H5FO4.C5H9FO2/c6-3(5(9)10)1-2-4(7)8;1-2-3-4(6)5(7)8/h1H,2H2,(H,7,8)(H,9,10);3,5,7-8H,2H2,1H3. The minimum absolute atomic E-state index is 0.476. The predicted molar refractivity (Wildman–Crippen MR) is 56.8 cm³/mol. The van der Waals surface area contributed by atoms with Crippen LogP contribution in [0.4, 0.5) is 8.78 Å². The lowest BCUT2D eigenvalue weighted by Gasteiger charge is -1.95. The van der Waals surface area contributed by atoms with Crippen LogP contribution in [0.25, 0.3) is 0 Å². The second-order valence-electron chi connectivity index (χ2n) is 2.83. The van der Waals surface area contributed by atoms with E-state index in [2.05, 4.69) is 0 Å². The fraction of sp³-hybridized carbons (Fsp3) is 0.400. The molecule has 0 aromatic carbocycles. The lowest BCUT2D eigenvalue weighted by atomic mass is 10.4. The summed E-state index contributed by atoms with van der Waals surface area (Å²) in [5, 5.41) is 31.9. The highest BCUT2D eigenvalue weighted by Gasteiger charge is 2.04. The third-order valence-electron chi connectivity index (χ3n) is 1.31. The summed E-state index contributed by atoms with van der Waals surface area (Å²) >= 11 is 0. The van der Waals surface area contributed by atoms with Gasteiger partial charge in [0.15, 0.2) is 5.83 Å². The Morgan fingerprint density at radius 3 is 1.89 bits per heavy atom. The van der Waals surface area contributed by atoms with E-state index in [4.69, 9.17) is 20.4 Å². The van der Waals surface area contributed by atoms with Crippen LogP contribution in [0.5, 0.6) is 0 Å². The van der Waals surface area contributed by atoms with E-state index in [1.54, 1.807) is 6.92 Å². The van der Waals surface area contributed by atoms with Gasteiger partial charge in [-0.2, -0.15) is 4.39 Å². The van der Waals surface area contributed by atoms with Crippen LogP contribution in [0, 0.1) is 0 Å². The fourth-order valence-electron chi connectivity index (χ4n) is 0.565. The van der Waals surface area contributed by atoms with E-state index >= 15 is 0 Å². The van der Waals surface area contributed by atoms with Gasteiger partial charge in [0.05, 0.1) is 6.42 Å². The minimum atomic E-state index is -1.94. The van der Waals surface area contributed by atoms with Gasteiger partial charge in [-0.05, 0) is 18.6 Å². The second kappa shape index (κ2) is 10.4. The molecule has 0 unspecified atom stereocenters. The van der Waals surface area contributed by atoms with E-state index in [1.165, 1.54) is 0 Å². The molecule has 0 spiro atoms. The van der Waals surface area contributed by atoms with Gasteiger partial charge in [-0.25, -0.2) is 9.18 Å². The molecule has 8 heteroatoms. The zero-order chi connectivity index (χ0) is 14.7. The van der Waals surface area contributed by atoms with Gasteiger partial charge in [0.25, 0.3) is 0 Å². The Balaban J connectivity index is 0. The van der Waals surface area contributed by atoms with E-state index in [-0.39, 0.29) is 0 Å². The first kappa shape index (κ1) is 18.6. The molecule has 0 bridgehead atoms. The van der Waals surface area contributed by atoms with Crippen molar-refractivity contribution in [2.24, 2.45) is 0 Å². The molecular formula is C10H14F2O6. The number of hydrogen-bond acceptors (Lipinski definition) is 4. The molecule has 0 saturated heterocycles. The Kier molecular flexibility index (Phi) is 10.7. The van der Waals surface area contributed by atoms with Crippen molar-refractivity contribution in [3.8, 4) is 0 Å². The highest BCUT2D eigenvalue weighted by molar-refractivity contribution is 5.84. The molecule has 0 amide bonds. The van der Waals surface area contributed by atoms with Crippen molar-refractivity contribution in [2.45, 2.75) is 26.1 Å². The van der Waals surface area contributed by atoms with E-state index in [9.17, 15) is 18.4 Å². The van der Waals surface area contributed by atoms with Crippen molar-refractivity contribution >= 4 is 11.9 Å². The molecule has 0 aromatic heterocycles. The van der Waals surface area contributed by atoms with Gasteiger partial charge in [-0.3, -0.25) is 4.79 Å². The second-order valence-corrected chi connectivity index (χ2v) is 2.83. The number of halogens is 2. The van der Waals surface area contributed by atoms with Crippen LogP contribution in [0.2, 0.25) is 0 Å². The Hall–Kier alpha value is -1.80. The normalized spacial score (nSPS) is 11.9. The third-order valence-corrected chi connectivity index (χ3v) is 1.31. The number of carboxylic acid groups (broad SMARTS) is 2. The largest absolute Gasteiger partial charge is 0.481 e. The van der Waals surface area contributed by atoms with Gasteiger partial charge in [-0.1, -0.05) is 6.92 Å². The Morgan fingerprint density at radius 1 is 1.17 bits per heavy atom. The van der Waals surface area contributed by atoms with Crippen molar-refractivity contribution in [2.75, 3.05) is 0 Å². The summed E-state index contributed by atoms with van der Waals surface area (Å²) in [5.74, 6) is -5.34. The van der Waals surface area contributed by atoms with Crippen LogP contribution in [0.3, 0.4) is 0 Å². The third kappa shape index (κ3) is 12.3. The van der Waals surface area contributed by atoms with Crippen LogP contribution in [0.15, 0.2) is 23.8 Å². The molecule has 0 aliphatic rings. The molecule has 0 saturated carbocycles. The van der Waals surface area contributed by atoms with Crippen molar-refractivity contribution in [1.29, 1.82) is 0 Å². The number of rotatable bonds is 5. The van der Waals surface area contributed by atoms with Crippen molar-refractivity contribution < 1.29 is 38.8 Å². The molecule has 0 radical (unpaired) electrons. The predicted octanol–water partition coefficient (Wildman–Crippen LogP) is 0.960. The lowest BCUT2D eigenvalue weighted by Crippen LogP contribution is -2.03. The van der Waals surface area contributed by atoms with Crippen molar-refractivity contribution in [1.82, 2.24) is 0 Å². The molecule has 104 valence electrons. The molecule has 0 atom stereocenters. The summed E-state index contributed by atoms with van der Waals surface area (Å²) in [6.07, 6.45) is -0.466. The molecule has 18 heavy (non-hydrogen) atoms. The molecule has 6 nitrogen and oxygen atoms in total. The van der Waals surface area contributed by atoms with Crippen LogP contribution >= 0.6 is 0 Å². The first-order valence-corrected chi connectivity index (χ1v) is 4.74. The number of aliphatic hydroxyl groups is 2. The number of carbonyl (C=O) groups is 2. The van der Waals surface area contributed by atoms with Crippen molar-refractivity contribution in [3.05, 3.63) is 23.8 Å². The monoisotopic (exact) mass is 268 g/mol. The molecule has 4 N–H and O–H groups in total. The Morgan fingerprint density at radius 2 is 1.67 bits per heavy atom. The van der Waals surface area contributed by atoms with E-state index < -0.39 is 36.3 Å². The first-order chi connectivity index (χ1) is 8.22. The Bertz CT molecular complexity index is 335. The summed E-state index contributed by atoms with van der Waals surface area (Å²) in [7, 11) is 0. The average Bonchev–Trinajstić information content (AvgIpc) is 2.26. The summed E-state index contributed by atoms with van der Waals surface area (Å²) in [4.78, 5) is 19.4. The zero-order valence-corrected chi connectivity index (χ0v) is 9.51. The van der Waals surface area contributed by atoms with Crippen molar-refractivity contribution in [3.63, 3.8) is 0 Å². The molecule has 0 aliphatic carbocycles. The fourth-order valence-corrected chi connectivity index (χ4v) is 0.565. The zero-order valence-electron chi connectivity index (χ0n) is 9.51. The summed E-state index contributed by atoms with van der Waals surface area (Å²) in [6.45, 7) is 1.71. The summed E-state index contributed by atoms with van der Waals surface area (Å²) < 4.78 is 23.8. The minimum Gasteiger partial charge on any atom is -0.481 e. The maximum Gasteiger partial charge on any atom is 0.364 e.